The maximum Gasteiger partial charge on any atom is 0.436 e. The molecule has 0 aromatic heterocycles. The van der Waals surface area contributed by atoms with Crippen LogP contribution in [0.2, 0.25) is 0 Å². The minimum absolute atomic E-state index is 0.0224. The van der Waals surface area contributed by atoms with Crippen LogP contribution in [0.1, 0.15) is 17.3 Å². The van der Waals surface area contributed by atoms with E-state index < -0.39 is 23.7 Å². The summed E-state index contributed by atoms with van der Waals surface area (Å²) in [6.07, 6.45) is -3.99. The van der Waals surface area contributed by atoms with Crippen molar-refractivity contribution in [2.45, 2.75) is 18.8 Å². The number of ether oxygens (including phenoxy) is 1. The van der Waals surface area contributed by atoms with Gasteiger partial charge in [0.1, 0.15) is 0 Å². The van der Waals surface area contributed by atoms with E-state index in [0.29, 0.717) is 0 Å². The van der Waals surface area contributed by atoms with Crippen LogP contribution in [-0.4, -0.2) is 36.9 Å². The first kappa shape index (κ1) is 18.7. The minimum Gasteiger partial charge on any atom is -0.463 e. The topological polar surface area (TPSA) is 67.4 Å². The third kappa shape index (κ3) is 4.32. The average molecular weight is 330 g/mol. The summed E-state index contributed by atoms with van der Waals surface area (Å²) in [6.45, 7) is 4.02. The molecule has 0 aliphatic rings. The standard InChI is InChI=1S/C15H17F3N2O3/c1-3-10-19-14(15(16,17)18,13(22)23-4-2)20-12(21)11-8-6-5-7-9-11/h3,5-9,19H,1,4,10H2,2H3,(H,20,21)/t14-/m0/s1. The van der Waals surface area contributed by atoms with Crippen molar-refractivity contribution in [1.29, 1.82) is 0 Å². The molecule has 0 spiro atoms. The van der Waals surface area contributed by atoms with Crippen molar-refractivity contribution in [3.05, 3.63) is 48.6 Å². The van der Waals surface area contributed by atoms with Crippen molar-refractivity contribution >= 4 is 11.9 Å². The van der Waals surface area contributed by atoms with E-state index in [1.54, 1.807) is 11.4 Å². The molecule has 0 unspecified atom stereocenters. The molecule has 0 aliphatic carbocycles. The smallest absolute Gasteiger partial charge is 0.436 e. The highest BCUT2D eigenvalue weighted by Gasteiger charge is 2.62. The lowest BCUT2D eigenvalue weighted by molar-refractivity contribution is -0.218. The fourth-order valence-electron chi connectivity index (χ4n) is 1.75. The van der Waals surface area contributed by atoms with Crippen LogP contribution in [0.25, 0.3) is 0 Å². The minimum atomic E-state index is -5.12. The van der Waals surface area contributed by atoms with E-state index in [-0.39, 0.29) is 18.7 Å². The first-order valence-corrected chi connectivity index (χ1v) is 6.76. The monoisotopic (exact) mass is 330 g/mol. The van der Waals surface area contributed by atoms with Crippen LogP contribution >= 0.6 is 0 Å². The highest BCUT2D eigenvalue weighted by atomic mass is 19.4. The van der Waals surface area contributed by atoms with Crippen LogP contribution in [0.15, 0.2) is 43.0 Å². The van der Waals surface area contributed by atoms with Crippen LogP contribution in [-0.2, 0) is 9.53 Å². The number of amides is 1. The molecule has 126 valence electrons. The zero-order chi connectivity index (χ0) is 17.5. The number of carbonyl (C=O) groups excluding carboxylic acids is 2. The third-order valence-electron chi connectivity index (χ3n) is 2.86. The zero-order valence-electron chi connectivity index (χ0n) is 12.4. The molecule has 0 heterocycles. The summed E-state index contributed by atoms with van der Waals surface area (Å²) in [5.41, 5.74) is -3.38. The van der Waals surface area contributed by atoms with E-state index in [4.69, 9.17) is 0 Å². The van der Waals surface area contributed by atoms with Crippen molar-refractivity contribution in [2.75, 3.05) is 13.2 Å². The molecule has 1 amide bonds. The summed E-state index contributed by atoms with van der Waals surface area (Å²) in [5, 5.41) is 3.67. The Morgan fingerprint density at radius 1 is 1.26 bits per heavy atom. The number of rotatable bonds is 7. The van der Waals surface area contributed by atoms with Crippen molar-refractivity contribution in [3.8, 4) is 0 Å². The van der Waals surface area contributed by atoms with E-state index in [2.05, 4.69) is 11.3 Å². The highest BCUT2D eigenvalue weighted by Crippen LogP contribution is 2.30. The van der Waals surface area contributed by atoms with Crippen LogP contribution in [0.4, 0.5) is 13.2 Å². The Kier molecular flexibility index (Phi) is 6.32. The quantitative estimate of drug-likeness (QED) is 0.456. The molecule has 1 rings (SSSR count). The van der Waals surface area contributed by atoms with Gasteiger partial charge in [-0.05, 0) is 19.1 Å². The summed E-state index contributed by atoms with van der Waals surface area (Å²) in [6, 6.07) is 7.25. The number of nitrogens with one attached hydrogen (secondary N) is 2. The largest absolute Gasteiger partial charge is 0.463 e. The SMILES string of the molecule is C=CCN[C@](NC(=O)c1ccccc1)(C(=O)OCC)C(F)(F)F. The van der Waals surface area contributed by atoms with Gasteiger partial charge in [0.15, 0.2) is 0 Å². The van der Waals surface area contributed by atoms with Crippen LogP contribution in [0.5, 0.6) is 0 Å². The normalized spacial score (nSPS) is 13.7. The first-order chi connectivity index (χ1) is 10.8. The van der Waals surface area contributed by atoms with Gasteiger partial charge in [0.05, 0.1) is 6.61 Å². The van der Waals surface area contributed by atoms with Gasteiger partial charge in [0.2, 0.25) is 0 Å². The van der Waals surface area contributed by atoms with Crippen molar-refractivity contribution in [3.63, 3.8) is 0 Å². The van der Waals surface area contributed by atoms with E-state index in [9.17, 15) is 22.8 Å². The lowest BCUT2D eigenvalue weighted by atomic mass is 10.1. The van der Waals surface area contributed by atoms with Crippen molar-refractivity contribution in [2.24, 2.45) is 0 Å². The van der Waals surface area contributed by atoms with Gasteiger partial charge in [0.25, 0.3) is 11.6 Å². The Labute approximate surface area is 131 Å². The maximum absolute atomic E-state index is 13.5. The molecule has 1 aromatic rings. The summed E-state index contributed by atoms with van der Waals surface area (Å²) < 4.78 is 45.1. The number of carbonyl (C=O) groups is 2. The maximum atomic E-state index is 13.5. The fraction of sp³-hybridized carbons (Fsp3) is 0.333. The lowest BCUT2D eigenvalue weighted by Crippen LogP contribution is -2.72. The Morgan fingerprint density at radius 3 is 2.35 bits per heavy atom. The Morgan fingerprint density at radius 2 is 1.87 bits per heavy atom. The second-order valence-corrected chi connectivity index (χ2v) is 4.46. The number of alkyl halides is 3. The molecule has 0 saturated heterocycles. The molecule has 0 saturated carbocycles. The molecule has 5 nitrogen and oxygen atoms in total. The Bertz CT molecular complexity index is 561. The zero-order valence-corrected chi connectivity index (χ0v) is 12.4. The predicted molar refractivity (Wildman–Crippen MR) is 77.5 cm³/mol. The van der Waals surface area contributed by atoms with Gasteiger partial charge in [-0.3, -0.25) is 10.1 Å². The summed E-state index contributed by atoms with van der Waals surface area (Å²) in [5.74, 6) is -2.70. The second-order valence-electron chi connectivity index (χ2n) is 4.46. The molecule has 0 bridgehead atoms. The van der Waals surface area contributed by atoms with Crippen molar-refractivity contribution < 1.29 is 27.5 Å². The molecule has 2 N–H and O–H groups in total. The third-order valence-corrected chi connectivity index (χ3v) is 2.86. The lowest BCUT2D eigenvalue weighted by Gasteiger charge is -2.34. The molecular formula is C15H17F3N2O3. The number of hydrogen-bond donors (Lipinski definition) is 2. The van der Waals surface area contributed by atoms with E-state index in [1.807, 2.05) is 5.32 Å². The molecule has 8 heteroatoms. The molecule has 1 aromatic carbocycles. The van der Waals surface area contributed by atoms with Crippen molar-refractivity contribution in [1.82, 2.24) is 10.6 Å². The molecule has 23 heavy (non-hydrogen) atoms. The van der Waals surface area contributed by atoms with E-state index in [0.717, 1.165) is 6.08 Å². The fourth-order valence-corrected chi connectivity index (χ4v) is 1.75. The predicted octanol–water partition coefficient (Wildman–Crippen LogP) is 2.01. The summed E-state index contributed by atoms with van der Waals surface area (Å²) in [7, 11) is 0. The van der Waals surface area contributed by atoms with Gasteiger partial charge >= 0.3 is 12.1 Å². The van der Waals surface area contributed by atoms with Gasteiger partial charge in [-0.2, -0.15) is 13.2 Å². The molecular weight excluding hydrogens is 313 g/mol. The van der Waals surface area contributed by atoms with Crippen LogP contribution < -0.4 is 10.6 Å². The summed E-state index contributed by atoms with van der Waals surface area (Å²) in [4.78, 5) is 24.0. The van der Waals surface area contributed by atoms with E-state index >= 15 is 0 Å². The number of hydrogen-bond acceptors (Lipinski definition) is 4. The van der Waals surface area contributed by atoms with Gasteiger partial charge in [-0.15, -0.1) is 6.58 Å². The van der Waals surface area contributed by atoms with Gasteiger partial charge < -0.3 is 10.1 Å². The number of benzene rings is 1. The highest BCUT2D eigenvalue weighted by molar-refractivity contribution is 5.98. The first-order valence-electron chi connectivity index (χ1n) is 6.76. The second kappa shape index (κ2) is 7.77. The van der Waals surface area contributed by atoms with Gasteiger partial charge in [-0.25, -0.2) is 4.79 Å². The Balaban J connectivity index is 3.22. The molecule has 1 atom stereocenters. The molecule has 0 radical (unpaired) electrons. The number of esters is 1. The Hall–Kier alpha value is -2.35. The number of halogens is 3. The average Bonchev–Trinajstić information content (AvgIpc) is 2.51. The van der Waals surface area contributed by atoms with Crippen LogP contribution in [0, 0.1) is 0 Å². The van der Waals surface area contributed by atoms with Crippen LogP contribution in [0.3, 0.4) is 0 Å². The van der Waals surface area contributed by atoms with Gasteiger partial charge in [0, 0.05) is 12.1 Å². The summed E-state index contributed by atoms with van der Waals surface area (Å²) >= 11 is 0. The van der Waals surface area contributed by atoms with Gasteiger partial charge in [-0.1, -0.05) is 24.3 Å². The molecule has 0 aliphatic heterocycles. The van der Waals surface area contributed by atoms with E-state index in [1.165, 1.54) is 31.2 Å². The molecule has 0 fully saturated rings.